The van der Waals surface area contributed by atoms with Gasteiger partial charge in [-0.3, -0.25) is 14.9 Å². The maximum atomic E-state index is 13.4. The summed E-state index contributed by atoms with van der Waals surface area (Å²) >= 11 is 0. The molecule has 1 fully saturated rings. The number of nitrogens with zero attached hydrogens (tertiary/aromatic N) is 1. The van der Waals surface area contributed by atoms with Crippen LogP contribution in [0.4, 0.5) is 15.3 Å². The predicted molar refractivity (Wildman–Crippen MR) is 175 cm³/mol. The Bertz CT molecular complexity index is 1490. The molecule has 3 amide bonds. The summed E-state index contributed by atoms with van der Waals surface area (Å²) in [5, 5.41) is 14.7. The van der Waals surface area contributed by atoms with Gasteiger partial charge in [-0.25, -0.2) is 14.4 Å². The van der Waals surface area contributed by atoms with Gasteiger partial charge >= 0.3 is 24.1 Å². The van der Waals surface area contributed by atoms with Crippen molar-refractivity contribution in [3.63, 3.8) is 0 Å². The van der Waals surface area contributed by atoms with Crippen molar-refractivity contribution in [3.05, 3.63) is 72.8 Å². The summed E-state index contributed by atoms with van der Waals surface area (Å²) < 4.78 is 31.2. The van der Waals surface area contributed by atoms with Gasteiger partial charge in [-0.1, -0.05) is 37.4 Å². The molecular weight excluding hydrogens is 642 g/mol. The van der Waals surface area contributed by atoms with E-state index in [1.165, 1.54) is 50.6 Å². The van der Waals surface area contributed by atoms with Crippen molar-refractivity contribution in [1.82, 2.24) is 10.2 Å². The number of rotatable bonds is 17. The van der Waals surface area contributed by atoms with Gasteiger partial charge in [0.05, 0.1) is 38.1 Å². The number of carbonyl (C=O) groups excluding carboxylic acids is 5. The van der Waals surface area contributed by atoms with Crippen molar-refractivity contribution in [2.24, 2.45) is 0 Å². The van der Waals surface area contributed by atoms with E-state index in [1.54, 1.807) is 17.0 Å². The lowest BCUT2D eigenvalue weighted by Gasteiger charge is -2.25. The third-order valence-electron chi connectivity index (χ3n) is 7.26. The van der Waals surface area contributed by atoms with Gasteiger partial charge in [0.15, 0.2) is 11.5 Å². The van der Waals surface area contributed by atoms with E-state index in [9.17, 15) is 29.1 Å². The lowest BCUT2D eigenvalue weighted by molar-refractivity contribution is -0.146. The zero-order valence-corrected chi connectivity index (χ0v) is 27.4. The van der Waals surface area contributed by atoms with Crippen LogP contribution in [-0.4, -0.2) is 92.7 Å². The molecule has 2 aromatic rings. The Morgan fingerprint density at radius 1 is 0.959 bits per heavy atom. The van der Waals surface area contributed by atoms with Gasteiger partial charge in [-0.05, 0) is 43.0 Å². The van der Waals surface area contributed by atoms with E-state index in [4.69, 9.17) is 28.4 Å². The van der Waals surface area contributed by atoms with Gasteiger partial charge in [0, 0.05) is 19.0 Å². The highest BCUT2D eigenvalue weighted by Gasteiger charge is 2.31. The fourth-order valence-corrected chi connectivity index (χ4v) is 4.81. The van der Waals surface area contributed by atoms with E-state index in [0.29, 0.717) is 18.5 Å². The van der Waals surface area contributed by atoms with Crippen LogP contribution < -0.4 is 24.8 Å². The third kappa shape index (κ3) is 11.3. The quantitative estimate of drug-likeness (QED) is 0.125. The number of aliphatic hydroxyl groups excluding tert-OH is 1. The van der Waals surface area contributed by atoms with Crippen molar-refractivity contribution < 1.29 is 57.5 Å². The predicted octanol–water partition coefficient (Wildman–Crippen LogP) is 3.75. The van der Waals surface area contributed by atoms with Crippen LogP contribution in [0.25, 0.3) is 0 Å². The third-order valence-corrected chi connectivity index (χ3v) is 7.26. The number of benzene rings is 2. The number of likely N-dealkylation sites (tertiary alicyclic amines) is 1. The van der Waals surface area contributed by atoms with Crippen LogP contribution in [-0.2, 0) is 30.4 Å². The van der Waals surface area contributed by atoms with Crippen molar-refractivity contribution in [1.29, 1.82) is 0 Å². The van der Waals surface area contributed by atoms with Crippen LogP contribution in [0, 0.1) is 0 Å². The molecule has 0 spiro atoms. The summed E-state index contributed by atoms with van der Waals surface area (Å²) in [6, 6.07) is 7.39. The number of esters is 2. The van der Waals surface area contributed by atoms with Gasteiger partial charge in [-0.2, -0.15) is 0 Å². The number of methoxy groups -OCH3 is 2. The second-order valence-corrected chi connectivity index (χ2v) is 10.6. The standard InChI is InChI=1S/C34H41N3O12/c1-5-16-46-30(39)14-13-26(32(41)47-17-6-2)35-34(43)49-24-11-9-22(10-12-24)21-48-33(42)36-27-19-29(45-4)28(44-3)18-25(27)31(40)37-15-7-8-23(37)20-38/h5-6,9-12,18-19,23,26,38H,1-2,7-8,13-17,20-21H2,3-4H3,(H,35,43)(H,36,42). The molecule has 1 aliphatic rings. The molecule has 3 rings (SSSR count). The van der Waals surface area contributed by atoms with Gasteiger partial charge in [0.1, 0.15) is 31.6 Å². The Kier molecular flexibility index (Phi) is 14.9. The number of nitrogens with one attached hydrogen (secondary N) is 2. The normalized spacial score (nSPS) is 14.1. The largest absolute Gasteiger partial charge is 0.493 e. The Morgan fingerprint density at radius 2 is 1.63 bits per heavy atom. The van der Waals surface area contributed by atoms with Crippen LogP contribution in [0.1, 0.15) is 41.6 Å². The van der Waals surface area contributed by atoms with Crippen LogP contribution >= 0.6 is 0 Å². The highest BCUT2D eigenvalue weighted by molar-refractivity contribution is 6.04. The molecule has 0 aromatic heterocycles. The molecule has 3 N–H and O–H groups in total. The van der Waals surface area contributed by atoms with Crippen LogP contribution in [0.5, 0.6) is 17.2 Å². The zero-order chi connectivity index (χ0) is 35.8. The lowest BCUT2D eigenvalue weighted by Crippen LogP contribution is -2.43. The molecule has 1 heterocycles. The second kappa shape index (κ2) is 19.3. The molecule has 264 valence electrons. The maximum Gasteiger partial charge on any atom is 0.413 e. The summed E-state index contributed by atoms with van der Waals surface area (Å²) in [6.07, 6.45) is 2.07. The number of aliphatic hydroxyl groups is 1. The highest BCUT2D eigenvalue weighted by Crippen LogP contribution is 2.35. The Labute approximate surface area is 283 Å². The van der Waals surface area contributed by atoms with Crippen LogP contribution in [0.2, 0.25) is 0 Å². The lowest BCUT2D eigenvalue weighted by atomic mass is 10.1. The first kappa shape index (κ1) is 37.9. The zero-order valence-electron chi connectivity index (χ0n) is 27.4. The number of amides is 3. The minimum atomic E-state index is -1.19. The van der Waals surface area contributed by atoms with Gasteiger partial charge in [0.2, 0.25) is 0 Å². The molecule has 2 unspecified atom stereocenters. The van der Waals surface area contributed by atoms with Crippen molar-refractivity contribution >= 4 is 35.7 Å². The summed E-state index contributed by atoms with van der Waals surface area (Å²) in [7, 11) is 2.84. The molecule has 2 aromatic carbocycles. The van der Waals surface area contributed by atoms with Gasteiger partial charge in [-0.15, -0.1) is 0 Å². The van der Waals surface area contributed by atoms with E-state index in [1.807, 2.05) is 0 Å². The first-order chi connectivity index (χ1) is 23.6. The number of ether oxygens (including phenoxy) is 6. The molecular formula is C34H41N3O12. The molecule has 1 aliphatic heterocycles. The maximum absolute atomic E-state index is 13.4. The van der Waals surface area contributed by atoms with Crippen molar-refractivity contribution in [2.45, 2.75) is 44.4 Å². The second-order valence-electron chi connectivity index (χ2n) is 10.6. The number of hydrogen-bond acceptors (Lipinski definition) is 12. The van der Waals surface area contributed by atoms with E-state index < -0.39 is 36.1 Å². The topological polar surface area (TPSA) is 188 Å². The average Bonchev–Trinajstić information content (AvgIpc) is 3.59. The smallest absolute Gasteiger partial charge is 0.413 e. The molecule has 0 saturated carbocycles. The first-order valence-corrected chi connectivity index (χ1v) is 15.4. The molecule has 0 aliphatic carbocycles. The van der Waals surface area contributed by atoms with Crippen molar-refractivity contribution in [3.8, 4) is 17.2 Å². The summed E-state index contributed by atoms with van der Waals surface area (Å²) in [5.74, 6) is -1.08. The first-order valence-electron chi connectivity index (χ1n) is 15.4. The Morgan fingerprint density at radius 3 is 2.29 bits per heavy atom. The number of anilines is 1. The number of hydrogen-bond donors (Lipinski definition) is 3. The van der Waals surface area contributed by atoms with Gasteiger partial charge in [0.25, 0.3) is 5.91 Å². The molecule has 15 heteroatoms. The van der Waals surface area contributed by atoms with E-state index >= 15 is 0 Å². The van der Waals surface area contributed by atoms with Gasteiger partial charge < -0.3 is 43.7 Å². The highest BCUT2D eigenvalue weighted by atomic mass is 16.6. The van der Waals surface area contributed by atoms with Crippen LogP contribution in [0.3, 0.4) is 0 Å². The van der Waals surface area contributed by atoms with Crippen LogP contribution in [0.15, 0.2) is 61.7 Å². The minimum Gasteiger partial charge on any atom is -0.493 e. The van der Waals surface area contributed by atoms with E-state index in [2.05, 4.69) is 23.8 Å². The van der Waals surface area contributed by atoms with Crippen molar-refractivity contribution in [2.75, 3.05) is 45.9 Å². The SMILES string of the molecule is C=CCOC(=O)CCC(NC(=O)Oc1ccc(COC(=O)Nc2cc(OC)c(OC)cc2C(=O)N2CCCC2CO)cc1)C(=O)OCC=C. The van der Waals surface area contributed by atoms with E-state index in [-0.39, 0.29) is 73.8 Å². The average molecular weight is 684 g/mol. The fourth-order valence-electron chi connectivity index (χ4n) is 4.81. The number of carbonyl (C=O) groups is 5. The van der Waals surface area contributed by atoms with E-state index in [0.717, 1.165) is 6.42 Å². The monoisotopic (exact) mass is 683 g/mol. The summed E-state index contributed by atoms with van der Waals surface area (Å²) in [4.78, 5) is 64.6. The molecule has 15 nitrogen and oxygen atoms in total. The fraction of sp³-hybridized carbons (Fsp3) is 0.382. The molecule has 1 saturated heterocycles. The minimum absolute atomic E-state index is 0.0107. The molecule has 0 radical (unpaired) electrons. The Hall–Kier alpha value is -5.57. The summed E-state index contributed by atoms with van der Waals surface area (Å²) in [6.45, 7) is 6.95. The molecule has 0 bridgehead atoms. The Balaban J connectivity index is 1.60. The summed E-state index contributed by atoms with van der Waals surface area (Å²) in [5.41, 5.74) is 0.809. The molecule has 2 atom stereocenters. The molecule has 49 heavy (non-hydrogen) atoms.